The zero-order valence-electron chi connectivity index (χ0n) is 11.3. The first-order valence-corrected chi connectivity index (χ1v) is 6.06. The van der Waals surface area contributed by atoms with Crippen molar-refractivity contribution >= 4 is 0 Å². The standard InChI is InChI=1S/C14H19F3O2/c1-13(2,19-3)8-7-12(18)10-5-4-6-11(9-10)14(15,16)17/h4-6,9,12,18H,7-8H2,1-3H3. The van der Waals surface area contributed by atoms with Crippen LogP contribution in [0.15, 0.2) is 24.3 Å². The molecule has 0 aromatic heterocycles. The van der Waals surface area contributed by atoms with E-state index in [0.29, 0.717) is 12.8 Å². The predicted octanol–water partition coefficient (Wildman–Crippen LogP) is 3.94. The minimum Gasteiger partial charge on any atom is -0.388 e. The van der Waals surface area contributed by atoms with E-state index in [1.165, 1.54) is 12.1 Å². The Kier molecular flexibility index (Phi) is 4.98. The minimum atomic E-state index is -4.39. The number of aliphatic hydroxyl groups excluding tert-OH is 1. The third kappa shape index (κ3) is 4.84. The van der Waals surface area contributed by atoms with Crippen molar-refractivity contribution < 1.29 is 23.0 Å². The second-order valence-corrected chi connectivity index (χ2v) is 5.14. The van der Waals surface area contributed by atoms with Gasteiger partial charge in [-0.2, -0.15) is 13.2 Å². The normalized spacial score (nSPS) is 14.5. The van der Waals surface area contributed by atoms with Gasteiger partial charge in [-0.3, -0.25) is 0 Å². The lowest BCUT2D eigenvalue weighted by Gasteiger charge is -2.24. The highest BCUT2D eigenvalue weighted by Gasteiger charge is 2.31. The van der Waals surface area contributed by atoms with Crippen molar-refractivity contribution in [3.8, 4) is 0 Å². The highest BCUT2D eigenvalue weighted by Crippen LogP contribution is 2.32. The van der Waals surface area contributed by atoms with Gasteiger partial charge in [-0.1, -0.05) is 12.1 Å². The summed E-state index contributed by atoms with van der Waals surface area (Å²) in [4.78, 5) is 0. The maximum atomic E-state index is 12.6. The van der Waals surface area contributed by atoms with Gasteiger partial charge >= 0.3 is 6.18 Å². The van der Waals surface area contributed by atoms with Gasteiger partial charge in [0.25, 0.3) is 0 Å². The zero-order chi connectivity index (χ0) is 14.7. The van der Waals surface area contributed by atoms with E-state index in [-0.39, 0.29) is 5.56 Å². The van der Waals surface area contributed by atoms with Crippen LogP contribution in [-0.4, -0.2) is 17.8 Å². The minimum absolute atomic E-state index is 0.279. The molecule has 1 atom stereocenters. The summed E-state index contributed by atoms with van der Waals surface area (Å²) in [6.45, 7) is 3.73. The van der Waals surface area contributed by atoms with Gasteiger partial charge in [0.2, 0.25) is 0 Å². The molecule has 0 bridgehead atoms. The van der Waals surface area contributed by atoms with Crippen LogP contribution >= 0.6 is 0 Å². The van der Waals surface area contributed by atoms with Gasteiger partial charge in [0.05, 0.1) is 17.3 Å². The third-order valence-electron chi connectivity index (χ3n) is 3.17. The lowest BCUT2D eigenvalue weighted by molar-refractivity contribution is -0.137. The van der Waals surface area contributed by atoms with Crippen LogP contribution in [0.25, 0.3) is 0 Å². The van der Waals surface area contributed by atoms with Crippen molar-refractivity contribution in [1.29, 1.82) is 0 Å². The fourth-order valence-corrected chi connectivity index (χ4v) is 1.68. The van der Waals surface area contributed by atoms with Crippen LogP contribution < -0.4 is 0 Å². The fourth-order valence-electron chi connectivity index (χ4n) is 1.68. The smallest absolute Gasteiger partial charge is 0.388 e. The summed E-state index contributed by atoms with van der Waals surface area (Å²) < 4.78 is 42.9. The van der Waals surface area contributed by atoms with Gasteiger partial charge in [-0.05, 0) is 44.4 Å². The predicted molar refractivity (Wildman–Crippen MR) is 66.7 cm³/mol. The molecule has 0 heterocycles. The third-order valence-corrected chi connectivity index (χ3v) is 3.17. The van der Waals surface area contributed by atoms with E-state index in [2.05, 4.69) is 0 Å². The monoisotopic (exact) mass is 276 g/mol. The molecule has 0 fully saturated rings. The lowest BCUT2D eigenvalue weighted by atomic mass is 9.96. The number of halogens is 3. The van der Waals surface area contributed by atoms with Gasteiger partial charge in [0.1, 0.15) is 0 Å². The summed E-state index contributed by atoms with van der Waals surface area (Å²) in [6, 6.07) is 4.79. The van der Waals surface area contributed by atoms with Gasteiger partial charge in [0, 0.05) is 7.11 Å². The number of rotatable bonds is 5. The number of aliphatic hydroxyl groups is 1. The summed E-state index contributed by atoms with van der Waals surface area (Å²) in [7, 11) is 1.57. The first kappa shape index (κ1) is 16.0. The Morgan fingerprint density at radius 2 is 1.89 bits per heavy atom. The number of methoxy groups -OCH3 is 1. The first-order valence-electron chi connectivity index (χ1n) is 6.06. The molecule has 19 heavy (non-hydrogen) atoms. The van der Waals surface area contributed by atoms with E-state index in [4.69, 9.17) is 4.74 Å². The largest absolute Gasteiger partial charge is 0.416 e. The molecule has 0 saturated carbocycles. The maximum Gasteiger partial charge on any atom is 0.416 e. The topological polar surface area (TPSA) is 29.5 Å². The summed E-state index contributed by atoms with van der Waals surface area (Å²) in [5, 5.41) is 9.95. The Morgan fingerprint density at radius 3 is 2.42 bits per heavy atom. The summed E-state index contributed by atoms with van der Waals surface area (Å²) >= 11 is 0. The Hall–Kier alpha value is -1.07. The molecule has 2 nitrogen and oxygen atoms in total. The number of alkyl halides is 3. The Balaban J connectivity index is 2.75. The molecule has 1 aromatic carbocycles. The first-order chi connectivity index (χ1) is 8.65. The van der Waals surface area contributed by atoms with Crippen LogP contribution in [0.2, 0.25) is 0 Å². The van der Waals surface area contributed by atoms with Crippen molar-refractivity contribution in [3.63, 3.8) is 0 Å². The van der Waals surface area contributed by atoms with Gasteiger partial charge in [-0.15, -0.1) is 0 Å². The van der Waals surface area contributed by atoms with Crippen LogP contribution in [0, 0.1) is 0 Å². The van der Waals surface area contributed by atoms with Gasteiger partial charge < -0.3 is 9.84 Å². The Morgan fingerprint density at radius 1 is 1.26 bits per heavy atom. The van der Waals surface area contributed by atoms with E-state index < -0.39 is 23.4 Å². The highest BCUT2D eigenvalue weighted by molar-refractivity contribution is 5.27. The quantitative estimate of drug-likeness (QED) is 0.882. The molecule has 0 aliphatic carbocycles. The van der Waals surface area contributed by atoms with Crippen LogP contribution in [0.1, 0.15) is 43.9 Å². The molecule has 1 N–H and O–H groups in total. The average molecular weight is 276 g/mol. The number of hydrogen-bond acceptors (Lipinski definition) is 2. The van der Waals surface area contributed by atoms with Crippen LogP contribution in [0.3, 0.4) is 0 Å². The molecule has 1 unspecified atom stereocenters. The van der Waals surface area contributed by atoms with Crippen LogP contribution in [0.4, 0.5) is 13.2 Å². The molecule has 108 valence electrons. The summed E-state index contributed by atoms with van der Waals surface area (Å²) in [5.74, 6) is 0. The molecule has 0 aliphatic rings. The van der Waals surface area contributed by atoms with Crippen molar-refractivity contribution in [2.75, 3.05) is 7.11 Å². The number of ether oxygens (including phenoxy) is 1. The van der Waals surface area contributed by atoms with Crippen LogP contribution in [0.5, 0.6) is 0 Å². The number of benzene rings is 1. The molecule has 0 spiro atoms. The lowest BCUT2D eigenvalue weighted by Crippen LogP contribution is -2.23. The SMILES string of the molecule is COC(C)(C)CCC(O)c1cccc(C(F)(F)F)c1. The van der Waals surface area contributed by atoms with E-state index in [1.54, 1.807) is 7.11 Å². The van der Waals surface area contributed by atoms with Crippen molar-refractivity contribution in [3.05, 3.63) is 35.4 Å². The molecule has 5 heteroatoms. The second kappa shape index (κ2) is 5.92. The Labute approximate surface area is 111 Å². The molecule has 0 aliphatic heterocycles. The molecule has 1 aromatic rings. The highest BCUT2D eigenvalue weighted by atomic mass is 19.4. The molecular weight excluding hydrogens is 257 g/mol. The zero-order valence-corrected chi connectivity index (χ0v) is 11.3. The fraction of sp³-hybridized carbons (Fsp3) is 0.571. The van der Waals surface area contributed by atoms with Crippen molar-refractivity contribution in [2.24, 2.45) is 0 Å². The second-order valence-electron chi connectivity index (χ2n) is 5.14. The van der Waals surface area contributed by atoms with Crippen molar-refractivity contribution in [1.82, 2.24) is 0 Å². The molecule has 0 radical (unpaired) electrons. The average Bonchev–Trinajstić information content (AvgIpc) is 2.35. The molecule has 0 amide bonds. The molecule has 0 saturated heterocycles. The van der Waals surface area contributed by atoms with E-state index in [1.807, 2.05) is 13.8 Å². The Bertz CT molecular complexity index is 413. The van der Waals surface area contributed by atoms with Crippen LogP contribution in [-0.2, 0) is 10.9 Å². The van der Waals surface area contributed by atoms with E-state index in [9.17, 15) is 18.3 Å². The summed E-state index contributed by atoms with van der Waals surface area (Å²) in [5.41, 5.74) is -0.861. The molecule has 1 rings (SSSR count). The van der Waals surface area contributed by atoms with E-state index in [0.717, 1.165) is 12.1 Å². The van der Waals surface area contributed by atoms with Gasteiger partial charge in [0.15, 0.2) is 0 Å². The maximum absolute atomic E-state index is 12.6. The van der Waals surface area contributed by atoms with E-state index >= 15 is 0 Å². The number of hydrogen-bond donors (Lipinski definition) is 1. The van der Waals surface area contributed by atoms with Gasteiger partial charge in [-0.25, -0.2) is 0 Å². The summed E-state index contributed by atoms with van der Waals surface area (Å²) in [6.07, 6.45) is -4.40. The van der Waals surface area contributed by atoms with Crippen molar-refractivity contribution in [2.45, 2.75) is 44.6 Å². The molecular formula is C14H19F3O2.